The van der Waals surface area contributed by atoms with E-state index in [0.29, 0.717) is 26.2 Å². The van der Waals surface area contributed by atoms with Crippen molar-refractivity contribution in [1.82, 2.24) is 4.90 Å². The van der Waals surface area contributed by atoms with E-state index in [1.165, 1.54) is 22.3 Å². The van der Waals surface area contributed by atoms with E-state index in [1.807, 2.05) is 47.4 Å². The number of ether oxygens (including phenoxy) is 2. The number of carbonyl (C=O) groups excluding carboxylic acids is 2. The first kappa shape index (κ1) is 23.9. The molecule has 2 bridgehead atoms. The van der Waals surface area contributed by atoms with E-state index in [-0.39, 0.29) is 35.8 Å². The Kier molecular flexibility index (Phi) is 6.79. The maximum absolute atomic E-state index is 13.3. The van der Waals surface area contributed by atoms with E-state index in [9.17, 15) is 9.59 Å². The quantitative estimate of drug-likeness (QED) is 0.342. The van der Waals surface area contributed by atoms with Gasteiger partial charge in [-0.05, 0) is 53.5 Å². The summed E-state index contributed by atoms with van der Waals surface area (Å²) >= 11 is 0. The van der Waals surface area contributed by atoms with E-state index >= 15 is 0 Å². The number of piperidine rings is 1. The van der Waals surface area contributed by atoms with Gasteiger partial charge in [-0.3, -0.25) is 4.79 Å². The SMILES string of the molecule is O=C(CCOCc1ccccc1)C1CC2CCC(C1)N2C(=O)OCC1c2ccccc2-c2ccccc21. The highest BCUT2D eigenvalue weighted by molar-refractivity contribution is 5.82. The molecule has 5 nitrogen and oxygen atoms in total. The van der Waals surface area contributed by atoms with Crippen molar-refractivity contribution in [2.45, 2.75) is 56.7 Å². The summed E-state index contributed by atoms with van der Waals surface area (Å²) in [7, 11) is 0. The fourth-order valence-electron chi connectivity index (χ4n) is 6.55. The molecule has 2 atom stereocenters. The molecule has 2 heterocycles. The van der Waals surface area contributed by atoms with Gasteiger partial charge in [0, 0.05) is 30.3 Å². The molecule has 2 saturated heterocycles. The minimum absolute atomic E-state index is 0.00969. The summed E-state index contributed by atoms with van der Waals surface area (Å²) in [5.74, 6) is 0.330. The molecule has 2 unspecified atom stereocenters. The number of nitrogens with zero attached hydrogens (tertiary/aromatic N) is 1. The summed E-state index contributed by atoms with van der Waals surface area (Å²) < 4.78 is 11.7. The number of fused-ring (bicyclic) bond motifs is 5. The fourth-order valence-corrected chi connectivity index (χ4v) is 6.55. The Labute approximate surface area is 218 Å². The molecular weight excluding hydrogens is 462 g/mol. The lowest BCUT2D eigenvalue weighted by Gasteiger charge is -2.37. The fraction of sp³-hybridized carbons (Fsp3) is 0.375. The average Bonchev–Trinajstić information content (AvgIpc) is 3.40. The standard InChI is InChI=1S/C32H33NO4/c34-31(16-17-36-20-22-8-2-1-3-9-22)23-18-24-14-15-25(19-23)33(24)32(35)37-21-30-28-12-6-4-10-26(28)27-11-5-7-13-29(27)30/h1-13,23-25,30H,14-21H2. The molecule has 0 saturated carbocycles. The third kappa shape index (κ3) is 4.80. The molecule has 3 aliphatic rings. The van der Waals surface area contributed by atoms with Crippen molar-refractivity contribution in [3.8, 4) is 11.1 Å². The van der Waals surface area contributed by atoms with E-state index < -0.39 is 0 Å². The van der Waals surface area contributed by atoms with E-state index in [1.54, 1.807) is 0 Å². The molecule has 2 aliphatic heterocycles. The van der Waals surface area contributed by atoms with Gasteiger partial charge < -0.3 is 14.4 Å². The van der Waals surface area contributed by atoms with Crippen molar-refractivity contribution >= 4 is 11.9 Å². The van der Waals surface area contributed by atoms with Gasteiger partial charge >= 0.3 is 6.09 Å². The van der Waals surface area contributed by atoms with Crippen LogP contribution in [0.15, 0.2) is 78.9 Å². The second-order valence-electron chi connectivity index (χ2n) is 10.5. The highest BCUT2D eigenvalue weighted by Gasteiger charge is 2.46. The average molecular weight is 496 g/mol. The molecule has 1 aliphatic carbocycles. The van der Waals surface area contributed by atoms with Crippen molar-refractivity contribution in [2.75, 3.05) is 13.2 Å². The Balaban J connectivity index is 1.02. The minimum Gasteiger partial charge on any atom is -0.448 e. The summed E-state index contributed by atoms with van der Waals surface area (Å²) in [6, 6.07) is 27.0. The van der Waals surface area contributed by atoms with Crippen molar-refractivity contribution < 1.29 is 19.1 Å². The van der Waals surface area contributed by atoms with Gasteiger partial charge in [-0.2, -0.15) is 0 Å². The predicted molar refractivity (Wildman–Crippen MR) is 142 cm³/mol. The lowest BCUT2D eigenvalue weighted by atomic mass is 9.86. The van der Waals surface area contributed by atoms with Gasteiger partial charge in [0.25, 0.3) is 0 Å². The van der Waals surface area contributed by atoms with Gasteiger partial charge in [0.05, 0.1) is 13.2 Å². The van der Waals surface area contributed by atoms with Crippen molar-refractivity contribution in [3.63, 3.8) is 0 Å². The molecule has 6 rings (SSSR count). The van der Waals surface area contributed by atoms with Crippen LogP contribution in [0, 0.1) is 5.92 Å². The number of hydrogen-bond acceptors (Lipinski definition) is 4. The summed E-state index contributed by atoms with van der Waals surface area (Å²) in [6.45, 7) is 1.30. The molecule has 0 N–H and O–H groups in total. The van der Waals surface area contributed by atoms with Gasteiger partial charge in [-0.1, -0.05) is 78.9 Å². The van der Waals surface area contributed by atoms with Gasteiger partial charge in [-0.15, -0.1) is 0 Å². The van der Waals surface area contributed by atoms with Gasteiger partial charge in [0.15, 0.2) is 0 Å². The van der Waals surface area contributed by atoms with Crippen LogP contribution in [-0.4, -0.2) is 42.1 Å². The Morgan fingerprint density at radius 3 is 2.03 bits per heavy atom. The van der Waals surface area contributed by atoms with Crippen LogP contribution in [-0.2, 0) is 20.9 Å². The molecule has 3 aromatic carbocycles. The summed E-state index contributed by atoms with van der Waals surface area (Å²) in [5, 5.41) is 0. The van der Waals surface area contributed by atoms with Crippen LogP contribution in [0.2, 0.25) is 0 Å². The first-order valence-corrected chi connectivity index (χ1v) is 13.5. The van der Waals surface area contributed by atoms with E-state index in [0.717, 1.165) is 31.2 Å². The van der Waals surface area contributed by atoms with Crippen LogP contribution in [0.3, 0.4) is 0 Å². The molecule has 190 valence electrons. The third-order valence-electron chi connectivity index (χ3n) is 8.34. The van der Waals surface area contributed by atoms with Crippen LogP contribution in [0.4, 0.5) is 4.79 Å². The Morgan fingerprint density at radius 1 is 0.784 bits per heavy atom. The zero-order chi connectivity index (χ0) is 25.2. The predicted octanol–water partition coefficient (Wildman–Crippen LogP) is 6.35. The van der Waals surface area contributed by atoms with E-state index in [2.05, 4.69) is 36.4 Å². The normalized spacial score (nSPS) is 21.9. The van der Waals surface area contributed by atoms with Crippen LogP contribution >= 0.6 is 0 Å². The zero-order valence-corrected chi connectivity index (χ0v) is 21.1. The number of Topliss-reactive ketones (excluding diaryl/α,β-unsaturated/α-hetero) is 1. The van der Waals surface area contributed by atoms with Crippen molar-refractivity contribution in [1.29, 1.82) is 0 Å². The largest absolute Gasteiger partial charge is 0.448 e. The smallest absolute Gasteiger partial charge is 0.410 e. The molecule has 5 heteroatoms. The van der Waals surface area contributed by atoms with Crippen LogP contribution in [0.1, 0.15) is 54.7 Å². The monoisotopic (exact) mass is 495 g/mol. The highest BCUT2D eigenvalue weighted by atomic mass is 16.6. The highest BCUT2D eigenvalue weighted by Crippen LogP contribution is 2.45. The third-order valence-corrected chi connectivity index (χ3v) is 8.34. The second-order valence-corrected chi connectivity index (χ2v) is 10.5. The first-order chi connectivity index (χ1) is 18.2. The molecule has 0 aromatic heterocycles. The van der Waals surface area contributed by atoms with Gasteiger partial charge in [0.2, 0.25) is 0 Å². The molecule has 1 amide bonds. The molecule has 3 aromatic rings. The second kappa shape index (κ2) is 10.5. The van der Waals surface area contributed by atoms with Gasteiger partial charge in [0.1, 0.15) is 12.4 Å². The molecule has 0 radical (unpaired) electrons. The zero-order valence-electron chi connectivity index (χ0n) is 21.1. The lowest BCUT2D eigenvalue weighted by Crippen LogP contribution is -2.48. The number of benzene rings is 3. The summed E-state index contributed by atoms with van der Waals surface area (Å²) in [4.78, 5) is 28.1. The lowest BCUT2D eigenvalue weighted by molar-refractivity contribution is -0.126. The molecular formula is C32H33NO4. The molecule has 37 heavy (non-hydrogen) atoms. The summed E-state index contributed by atoms with van der Waals surface area (Å²) in [5.41, 5.74) is 6.01. The Hall–Kier alpha value is -3.44. The Morgan fingerprint density at radius 2 is 1.38 bits per heavy atom. The summed E-state index contributed by atoms with van der Waals surface area (Å²) in [6.07, 6.45) is 3.57. The van der Waals surface area contributed by atoms with Crippen molar-refractivity contribution in [2.24, 2.45) is 5.92 Å². The van der Waals surface area contributed by atoms with Crippen LogP contribution < -0.4 is 0 Å². The Bertz CT molecular complexity index is 1210. The number of amides is 1. The van der Waals surface area contributed by atoms with Crippen LogP contribution in [0.5, 0.6) is 0 Å². The molecule has 2 fully saturated rings. The topological polar surface area (TPSA) is 55.8 Å². The number of carbonyl (C=O) groups is 2. The maximum atomic E-state index is 13.3. The minimum atomic E-state index is -0.230. The van der Waals surface area contributed by atoms with Crippen molar-refractivity contribution in [3.05, 3.63) is 95.6 Å². The number of ketones is 1. The molecule has 0 spiro atoms. The van der Waals surface area contributed by atoms with E-state index in [4.69, 9.17) is 9.47 Å². The number of hydrogen-bond donors (Lipinski definition) is 0. The maximum Gasteiger partial charge on any atom is 0.410 e. The number of rotatable bonds is 8. The van der Waals surface area contributed by atoms with Gasteiger partial charge in [-0.25, -0.2) is 4.79 Å². The first-order valence-electron chi connectivity index (χ1n) is 13.5. The van der Waals surface area contributed by atoms with Crippen LogP contribution in [0.25, 0.3) is 11.1 Å².